The van der Waals surface area contributed by atoms with E-state index in [4.69, 9.17) is 23.2 Å². The molecule has 3 aromatic rings. The maximum Gasteiger partial charge on any atom is 0.316 e. The van der Waals surface area contributed by atoms with Crippen LogP contribution in [0.15, 0.2) is 46.2 Å². The lowest BCUT2D eigenvalue weighted by atomic mass is 10.1. The molecule has 43 heavy (non-hydrogen) atoms. The molecule has 3 saturated carbocycles. The van der Waals surface area contributed by atoms with Gasteiger partial charge in [0.1, 0.15) is 6.54 Å². The third-order valence-corrected chi connectivity index (χ3v) is 9.89. The van der Waals surface area contributed by atoms with Crippen molar-refractivity contribution in [3.63, 3.8) is 0 Å². The number of nitrogens with zero attached hydrogens (tertiary/aromatic N) is 8. The summed E-state index contributed by atoms with van der Waals surface area (Å²) in [6.07, 6.45) is 8.44. The van der Waals surface area contributed by atoms with E-state index < -0.39 is 22.9 Å². The molecule has 0 aromatic carbocycles. The molecule has 3 aliphatic carbocycles. The largest absolute Gasteiger partial charge is 0.330 e. The molecule has 12 nitrogen and oxygen atoms in total. The summed E-state index contributed by atoms with van der Waals surface area (Å²) in [7, 11) is 0. The first-order valence-corrected chi connectivity index (χ1v) is 15.5. The van der Waals surface area contributed by atoms with Gasteiger partial charge in [0.05, 0.1) is 12.2 Å². The number of piperazine rings is 1. The Kier molecular flexibility index (Phi) is 7.29. The van der Waals surface area contributed by atoms with E-state index in [0.29, 0.717) is 43.2 Å². The van der Waals surface area contributed by atoms with Gasteiger partial charge in [-0.3, -0.25) is 19.2 Å². The van der Waals surface area contributed by atoms with Crippen molar-refractivity contribution in [1.82, 2.24) is 34.2 Å². The first kappa shape index (κ1) is 28.1. The Morgan fingerprint density at radius 1 is 0.767 bits per heavy atom. The number of rotatable bonds is 7. The maximum absolute atomic E-state index is 13.1. The molecule has 0 N–H and O–H groups in total. The Morgan fingerprint density at radius 3 is 2.33 bits per heavy atom. The summed E-state index contributed by atoms with van der Waals surface area (Å²) >= 11 is 12.1. The lowest BCUT2D eigenvalue weighted by Gasteiger charge is -2.37. The molecule has 2 amide bonds. The van der Waals surface area contributed by atoms with Gasteiger partial charge in [0.2, 0.25) is 5.69 Å². The Bertz CT molecular complexity index is 1700. The molecule has 5 atom stereocenters. The van der Waals surface area contributed by atoms with Crippen molar-refractivity contribution in [2.75, 3.05) is 13.1 Å². The van der Waals surface area contributed by atoms with E-state index in [-0.39, 0.29) is 36.4 Å². The van der Waals surface area contributed by atoms with E-state index in [0.717, 1.165) is 30.4 Å². The average Bonchev–Trinajstić information content (AvgIpc) is 3.35. The minimum absolute atomic E-state index is 0.102. The fraction of sp³-hybridized carbons (Fsp3) is 0.517. The lowest BCUT2D eigenvalue weighted by Crippen LogP contribution is -2.58. The minimum atomic E-state index is -0.645. The summed E-state index contributed by atoms with van der Waals surface area (Å²) in [6.45, 7) is 1.36. The molecule has 3 unspecified atom stereocenters. The van der Waals surface area contributed by atoms with Crippen molar-refractivity contribution < 1.29 is 14.3 Å². The van der Waals surface area contributed by atoms with Crippen LogP contribution in [0.5, 0.6) is 0 Å². The smallest absolute Gasteiger partial charge is 0.316 e. The van der Waals surface area contributed by atoms with Crippen LogP contribution in [-0.2, 0) is 22.7 Å². The molecular formula is C29H31Cl2N8O4+. The van der Waals surface area contributed by atoms with Crippen LogP contribution in [0.4, 0.5) is 0 Å². The molecule has 224 valence electrons. The zero-order valence-corrected chi connectivity index (χ0v) is 24.9. The predicted octanol–water partition coefficient (Wildman–Crippen LogP) is 1.77. The summed E-state index contributed by atoms with van der Waals surface area (Å²) < 4.78 is 4.62. The molecule has 1 saturated heterocycles. The third-order valence-electron chi connectivity index (χ3n) is 9.49. The summed E-state index contributed by atoms with van der Waals surface area (Å²) in [5, 5.41) is 12.9. The van der Waals surface area contributed by atoms with E-state index in [1.807, 2.05) is 10.7 Å². The standard InChI is InChI=1S/C29H31Cl2N8O4/c30-24-5-1-19(32-33-24)15-35-7-9-37(28(42)26(35)40)20-2-3-21(14-20)39-22(4-6-25(31)34-39)16-36-8-10-38(29(43)27(36)41)23-12-17-11-18(17)13-23/h1,4-7,9,17-18,20-21,23H,2-3,8,10-16H2/q+1/t17-,18+,20?,21?,23?. The van der Waals surface area contributed by atoms with E-state index in [1.54, 1.807) is 40.4 Å². The lowest BCUT2D eigenvalue weighted by molar-refractivity contribution is -0.783. The molecule has 7 rings (SSSR count). The van der Waals surface area contributed by atoms with Crippen LogP contribution in [0.2, 0.25) is 10.3 Å². The van der Waals surface area contributed by atoms with Gasteiger partial charge in [-0.2, -0.15) is 5.10 Å². The fourth-order valence-electron chi connectivity index (χ4n) is 7.15. The van der Waals surface area contributed by atoms with Crippen LogP contribution in [0, 0.1) is 11.8 Å². The molecular weight excluding hydrogens is 595 g/mol. The molecule has 0 bridgehead atoms. The normalized spacial score (nSPS) is 26.7. The predicted molar refractivity (Wildman–Crippen MR) is 154 cm³/mol. The Labute approximate surface area is 256 Å². The second-order valence-corrected chi connectivity index (χ2v) is 12.9. The van der Waals surface area contributed by atoms with Gasteiger partial charge in [-0.15, -0.1) is 5.10 Å². The van der Waals surface area contributed by atoms with Gasteiger partial charge in [-0.1, -0.05) is 27.9 Å². The molecule has 3 aromatic heterocycles. The maximum atomic E-state index is 13.1. The topological polar surface area (TPSA) is 127 Å². The number of hydrogen-bond donors (Lipinski definition) is 0. The van der Waals surface area contributed by atoms with Crippen molar-refractivity contribution in [3.05, 3.63) is 79.1 Å². The van der Waals surface area contributed by atoms with Gasteiger partial charge in [-0.25, -0.2) is 0 Å². The third kappa shape index (κ3) is 5.46. The molecule has 0 spiro atoms. The summed E-state index contributed by atoms with van der Waals surface area (Å²) in [5.41, 5.74) is 0.0190. The number of amides is 2. The van der Waals surface area contributed by atoms with Crippen LogP contribution in [0.1, 0.15) is 62.0 Å². The van der Waals surface area contributed by atoms with Gasteiger partial charge in [0.15, 0.2) is 16.3 Å². The molecule has 1 aliphatic heterocycles. The zero-order chi connectivity index (χ0) is 29.8. The van der Waals surface area contributed by atoms with Gasteiger partial charge >= 0.3 is 22.9 Å². The zero-order valence-electron chi connectivity index (χ0n) is 23.4. The van der Waals surface area contributed by atoms with Crippen LogP contribution >= 0.6 is 23.2 Å². The van der Waals surface area contributed by atoms with E-state index in [1.165, 1.54) is 15.6 Å². The second-order valence-electron chi connectivity index (χ2n) is 12.1. The van der Waals surface area contributed by atoms with Crippen LogP contribution in [-0.4, -0.2) is 65.2 Å². The van der Waals surface area contributed by atoms with Crippen LogP contribution in [0.3, 0.4) is 0 Å². The van der Waals surface area contributed by atoms with Crippen molar-refractivity contribution in [2.45, 2.75) is 69.7 Å². The molecule has 4 heterocycles. The average molecular weight is 627 g/mol. The van der Waals surface area contributed by atoms with E-state index in [2.05, 4.69) is 15.3 Å². The van der Waals surface area contributed by atoms with Gasteiger partial charge < -0.3 is 18.9 Å². The minimum Gasteiger partial charge on any atom is -0.330 e. The Morgan fingerprint density at radius 2 is 1.56 bits per heavy atom. The number of aromatic nitrogens is 6. The van der Waals surface area contributed by atoms with Gasteiger partial charge in [0, 0.05) is 61.6 Å². The summed E-state index contributed by atoms with van der Waals surface area (Å²) in [4.78, 5) is 55.6. The summed E-state index contributed by atoms with van der Waals surface area (Å²) in [6, 6.07) is 6.64. The van der Waals surface area contributed by atoms with Crippen molar-refractivity contribution in [3.8, 4) is 0 Å². The highest BCUT2D eigenvalue weighted by Crippen LogP contribution is 2.53. The SMILES string of the molecule is O=C1C(=O)N(C2C[C@@H]3C[C@@H]3C2)CCN1Cc1ccc(Cl)n[n+]1C1CCC(n2ccn(Cc3ccc(Cl)nn3)c(=O)c2=O)C1. The second kappa shape index (κ2) is 11.1. The van der Waals surface area contributed by atoms with Crippen LogP contribution < -0.4 is 15.8 Å². The Hall–Kier alpha value is -3.64. The quantitative estimate of drug-likeness (QED) is 0.289. The van der Waals surface area contributed by atoms with Crippen LogP contribution in [0.25, 0.3) is 0 Å². The van der Waals surface area contributed by atoms with Gasteiger partial charge in [0.25, 0.3) is 0 Å². The molecule has 4 fully saturated rings. The first-order valence-electron chi connectivity index (χ1n) is 14.7. The van der Waals surface area contributed by atoms with Crippen molar-refractivity contribution in [2.24, 2.45) is 11.8 Å². The number of fused-ring (bicyclic) bond motifs is 1. The molecule has 14 heteroatoms. The van der Waals surface area contributed by atoms with E-state index >= 15 is 0 Å². The van der Waals surface area contributed by atoms with Crippen molar-refractivity contribution in [1.29, 1.82) is 0 Å². The molecule has 0 radical (unpaired) electrons. The Balaban J connectivity index is 1.05. The summed E-state index contributed by atoms with van der Waals surface area (Å²) in [5.74, 6) is 0.577. The monoisotopic (exact) mass is 625 g/mol. The number of carbonyl (C=O) groups excluding carboxylic acids is 2. The highest BCUT2D eigenvalue weighted by Gasteiger charge is 2.50. The highest BCUT2D eigenvalue weighted by atomic mass is 35.5. The van der Waals surface area contributed by atoms with E-state index in [9.17, 15) is 19.2 Å². The van der Waals surface area contributed by atoms with Gasteiger partial charge in [-0.05, 0) is 55.7 Å². The number of carbonyl (C=O) groups is 2. The molecule has 4 aliphatic rings. The fourth-order valence-corrected chi connectivity index (χ4v) is 7.39. The first-order chi connectivity index (χ1) is 20.7. The number of hydrogen-bond acceptors (Lipinski definition) is 7. The highest BCUT2D eigenvalue weighted by molar-refractivity contribution is 6.35. The number of halogens is 2. The van der Waals surface area contributed by atoms with Crippen molar-refractivity contribution >= 4 is 35.0 Å².